The van der Waals surface area contributed by atoms with Crippen LogP contribution in [0, 0.1) is 34.6 Å². The molecule has 0 bridgehead atoms. The van der Waals surface area contributed by atoms with E-state index in [1.165, 1.54) is 11.1 Å². The first-order valence-electron chi connectivity index (χ1n) is 11.2. The number of aromatic nitrogens is 3. The van der Waals surface area contributed by atoms with Gasteiger partial charge in [0.25, 0.3) is 0 Å². The van der Waals surface area contributed by atoms with E-state index in [4.69, 9.17) is 14.8 Å². The van der Waals surface area contributed by atoms with Crippen LogP contribution < -0.4 is 10.1 Å². The summed E-state index contributed by atoms with van der Waals surface area (Å²) in [4.78, 5) is 17.6. The number of carbonyl (C=O) groups excluding carboxylic acids is 1. The van der Waals surface area contributed by atoms with Crippen LogP contribution in [-0.2, 0) is 11.2 Å². The molecule has 4 rings (SSSR count). The van der Waals surface area contributed by atoms with Crippen LogP contribution in [0.25, 0.3) is 16.7 Å². The molecule has 0 fully saturated rings. The van der Waals surface area contributed by atoms with E-state index in [0.717, 1.165) is 39.2 Å². The number of methoxy groups -OCH3 is 1. The third-order valence-electron chi connectivity index (χ3n) is 6.29. The molecule has 6 heteroatoms. The van der Waals surface area contributed by atoms with Crippen molar-refractivity contribution in [1.82, 2.24) is 14.8 Å². The lowest BCUT2D eigenvalue weighted by Gasteiger charge is -2.13. The minimum Gasteiger partial charge on any atom is -0.495 e. The summed E-state index contributed by atoms with van der Waals surface area (Å²) in [6, 6.07) is 13.8. The number of carbonyl (C=O) groups is 1. The predicted octanol–water partition coefficient (Wildman–Crippen LogP) is 5.54. The summed E-state index contributed by atoms with van der Waals surface area (Å²) in [5, 5.41) is 8.81. The summed E-state index contributed by atoms with van der Waals surface area (Å²) < 4.78 is 7.25. The number of ether oxygens (including phenoxy) is 1. The number of pyridine rings is 1. The van der Waals surface area contributed by atoms with E-state index in [2.05, 4.69) is 44.3 Å². The highest BCUT2D eigenvalue weighted by Gasteiger charge is 2.18. The van der Waals surface area contributed by atoms with Gasteiger partial charge in [0.1, 0.15) is 5.75 Å². The SMILES string of the molecule is COc1ccccc1NC(=O)CCc1c(C)nc2c(c(C)nn2-c2ccc(C)c(C)c2)c1C. The second-order valence-corrected chi connectivity index (χ2v) is 8.51. The molecular formula is C27H30N4O2. The minimum atomic E-state index is -0.0547. The number of rotatable bonds is 6. The Morgan fingerprint density at radius 1 is 1.00 bits per heavy atom. The molecule has 1 amide bonds. The first-order valence-corrected chi connectivity index (χ1v) is 11.2. The lowest BCUT2D eigenvalue weighted by Crippen LogP contribution is -2.14. The zero-order chi connectivity index (χ0) is 23.7. The molecule has 2 heterocycles. The highest BCUT2D eigenvalue weighted by Crippen LogP contribution is 2.29. The van der Waals surface area contributed by atoms with E-state index in [9.17, 15) is 4.79 Å². The average molecular weight is 443 g/mol. The van der Waals surface area contributed by atoms with Gasteiger partial charge in [0.2, 0.25) is 5.91 Å². The van der Waals surface area contributed by atoms with Crippen molar-refractivity contribution in [2.24, 2.45) is 0 Å². The van der Waals surface area contributed by atoms with E-state index in [1.54, 1.807) is 7.11 Å². The summed E-state index contributed by atoms with van der Waals surface area (Å²) in [6.07, 6.45) is 0.965. The number of nitrogens with one attached hydrogen (secondary N) is 1. The fourth-order valence-corrected chi connectivity index (χ4v) is 4.31. The number of anilines is 1. The summed E-state index contributed by atoms with van der Waals surface area (Å²) in [7, 11) is 1.60. The molecule has 0 aliphatic rings. The monoisotopic (exact) mass is 442 g/mol. The number of aryl methyl sites for hydroxylation is 5. The first-order chi connectivity index (χ1) is 15.8. The summed E-state index contributed by atoms with van der Waals surface area (Å²) >= 11 is 0. The molecule has 4 aromatic rings. The molecule has 0 aliphatic carbocycles. The number of amides is 1. The van der Waals surface area contributed by atoms with Gasteiger partial charge in [-0.1, -0.05) is 18.2 Å². The van der Waals surface area contributed by atoms with Crippen molar-refractivity contribution in [2.45, 2.75) is 47.5 Å². The highest BCUT2D eigenvalue weighted by atomic mass is 16.5. The zero-order valence-corrected chi connectivity index (χ0v) is 20.1. The van der Waals surface area contributed by atoms with Crippen molar-refractivity contribution >= 4 is 22.6 Å². The van der Waals surface area contributed by atoms with E-state index in [-0.39, 0.29) is 5.91 Å². The number of hydrogen-bond donors (Lipinski definition) is 1. The van der Waals surface area contributed by atoms with E-state index in [0.29, 0.717) is 24.3 Å². The van der Waals surface area contributed by atoms with Gasteiger partial charge in [0, 0.05) is 17.5 Å². The van der Waals surface area contributed by atoms with Crippen molar-refractivity contribution in [3.63, 3.8) is 0 Å². The van der Waals surface area contributed by atoms with Crippen LogP contribution in [0.1, 0.15) is 40.1 Å². The molecule has 0 saturated heterocycles. The van der Waals surface area contributed by atoms with Crippen LogP contribution in [0.15, 0.2) is 42.5 Å². The van der Waals surface area contributed by atoms with Gasteiger partial charge < -0.3 is 10.1 Å². The molecule has 0 aliphatic heterocycles. The lowest BCUT2D eigenvalue weighted by molar-refractivity contribution is -0.116. The van der Waals surface area contributed by atoms with E-state index >= 15 is 0 Å². The standard InChI is InChI=1S/C27H30N4O2/c1-16-11-12-21(15-17(16)2)31-27-26(20(5)30-31)18(3)22(19(4)28-27)13-14-25(32)29-23-9-7-8-10-24(23)33-6/h7-12,15H,13-14H2,1-6H3,(H,29,32). The third kappa shape index (κ3) is 4.33. The molecule has 0 radical (unpaired) electrons. The van der Waals surface area contributed by atoms with Crippen LogP contribution in [0.2, 0.25) is 0 Å². The first kappa shape index (κ1) is 22.5. The number of benzene rings is 2. The average Bonchev–Trinajstić information content (AvgIpc) is 3.12. The Bertz CT molecular complexity index is 1350. The molecule has 0 saturated carbocycles. The molecule has 170 valence electrons. The molecule has 2 aromatic heterocycles. The zero-order valence-electron chi connectivity index (χ0n) is 20.1. The van der Waals surface area contributed by atoms with E-state index in [1.807, 2.05) is 42.8 Å². The fraction of sp³-hybridized carbons (Fsp3) is 0.296. The van der Waals surface area contributed by atoms with Gasteiger partial charge in [0.15, 0.2) is 5.65 Å². The Kier molecular flexibility index (Phi) is 6.18. The second kappa shape index (κ2) is 9.06. The predicted molar refractivity (Wildman–Crippen MR) is 132 cm³/mol. The van der Waals surface area contributed by atoms with Gasteiger partial charge >= 0.3 is 0 Å². The second-order valence-electron chi connectivity index (χ2n) is 8.51. The molecular weight excluding hydrogens is 412 g/mol. The van der Waals surface area contributed by atoms with Crippen molar-refractivity contribution in [1.29, 1.82) is 0 Å². The number of nitrogens with zero attached hydrogens (tertiary/aromatic N) is 3. The Hall–Kier alpha value is -3.67. The van der Waals surface area contributed by atoms with Crippen LogP contribution >= 0.6 is 0 Å². The van der Waals surface area contributed by atoms with Crippen molar-refractivity contribution in [3.8, 4) is 11.4 Å². The Labute approximate surface area is 194 Å². The van der Waals surface area contributed by atoms with Crippen molar-refractivity contribution < 1.29 is 9.53 Å². The lowest BCUT2D eigenvalue weighted by atomic mass is 9.99. The summed E-state index contributed by atoms with van der Waals surface area (Å²) in [5.41, 5.74) is 9.11. The van der Waals surface area contributed by atoms with Gasteiger partial charge in [-0.15, -0.1) is 0 Å². The largest absolute Gasteiger partial charge is 0.495 e. The van der Waals surface area contributed by atoms with E-state index < -0.39 is 0 Å². The Morgan fingerprint density at radius 3 is 2.48 bits per heavy atom. The topological polar surface area (TPSA) is 69.0 Å². The normalized spacial score (nSPS) is 11.1. The Balaban J connectivity index is 1.62. The minimum absolute atomic E-state index is 0.0547. The molecule has 0 atom stereocenters. The smallest absolute Gasteiger partial charge is 0.224 e. The van der Waals surface area contributed by atoms with Gasteiger partial charge in [-0.25, -0.2) is 9.67 Å². The van der Waals surface area contributed by atoms with Crippen LogP contribution in [-0.4, -0.2) is 27.8 Å². The molecule has 1 N–H and O–H groups in total. The fourth-order valence-electron chi connectivity index (χ4n) is 4.31. The maximum absolute atomic E-state index is 12.7. The summed E-state index contributed by atoms with van der Waals surface area (Å²) in [5.74, 6) is 0.594. The number of para-hydroxylation sites is 2. The van der Waals surface area contributed by atoms with Crippen molar-refractivity contribution in [3.05, 3.63) is 76.1 Å². The number of fused-ring (bicyclic) bond motifs is 1. The molecule has 2 aromatic carbocycles. The molecule has 0 unspecified atom stereocenters. The van der Waals surface area contributed by atoms with Crippen molar-refractivity contribution in [2.75, 3.05) is 12.4 Å². The van der Waals surface area contributed by atoms with Crippen LogP contribution in [0.5, 0.6) is 5.75 Å². The van der Waals surface area contributed by atoms with Crippen LogP contribution in [0.3, 0.4) is 0 Å². The summed E-state index contributed by atoms with van der Waals surface area (Å²) in [6.45, 7) is 10.3. The quantitative estimate of drug-likeness (QED) is 0.425. The van der Waals surface area contributed by atoms with Gasteiger partial charge in [0.05, 0.1) is 24.2 Å². The third-order valence-corrected chi connectivity index (χ3v) is 6.29. The molecule has 6 nitrogen and oxygen atoms in total. The highest BCUT2D eigenvalue weighted by molar-refractivity contribution is 5.92. The van der Waals surface area contributed by atoms with Crippen LogP contribution in [0.4, 0.5) is 5.69 Å². The van der Waals surface area contributed by atoms with Gasteiger partial charge in [-0.2, -0.15) is 5.10 Å². The van der Waals surface area contributed by atoms with Gasteiger partial charge in [-0.05, 0) is 87.6 Å². The maximum atomic E-state index is 12.7. The molecule has 0 spiro atoms. The Morgan fingerprint density at radius 2 is 1.76 bits per heavy atom. The molecule has 33 heavy (non-hydrogen) atoms. The number of hydrogen-bond acceptors (Lipinski definition) is 4. The maximum Gasteiger partial charge on any atom is 0.224 e. The van der Waals surface area contributed by atoms with Gasteiger partial charge in [-0.3, -0.25) is 4.79 Å².